The lowest BCUT2D eigenvalue weighted by Gasteiger charge is -2.24. The number of H-pyrrole nitrogens is 1. The summed E-state index contributed by atoms with van der Waals surface area (Å²) in [5.74, 6) is 7.40. The van der Waals surface area contributed by atoms with Crippen molar-refractivity contribution in [2.45, 2.75) is 77.6 Å². The molecule has 6 heteroatoms. The number of rotatable bonds is 5. The lowest BCUT2D eigenvalue weighted by molar-refractivity contribution is 0.255. The van der Waals surface area contributed by atoms with Crippen LogP contribution in [-0.2, 0) is 18.3 Å². The van der Waals surface area contributed by atoms with Crippen LogP contribution in [0.4, 0.5) is 5.69 Å². The number of pyridine rings is 1. The summed E-state index contributed by atoms with van der Waals surface area (Å²) in [6.07, 6.45) is 11.1. The van der Waals surface area contributed by atoms with Crippen LogP contribution in [0, 0.1) is 24.2 Å². The highest BCUT2D eigenvalue weighted by molar-refractivity contribution is 6.21. The number of hydrogen-bond acceptors (Lipinski definition) is 5. The molecule has 0 amide bonds. The molecule has 4 N–H and O–H groups in total. The van der Waals surface area contributed by atoms with Gasteiger partial charge in [-0.2, -0.15) is 0 Å². The molecule has 216 valence electrons. The zero-order valence-corrected chi connectivity index (χ0v) is 25.2. The van der Waals surface area contributed by atoms with Crippen LogP contribution in [0.25, 0.3) is 22.2 Å². The summed E-state index contributed by atoms with van der Waals surface area (Å²) < 4.78 is 0. The number of fused-ring (bicyclic) bond motifs is 3. The molecular weight excluding hydrogens is 516 g/mol. The number of benzene rings is 2. The number of nitrogens with one attached hydrogen (secondary N) is 2. The van der Waals surface area contributed by atoms with Crippen LogP contribution in [0.3, 0.4) is 0 Å². The average molecular weight is 559 g/mol. The number of likely N-dealkylation sites (tertiary alicyclic amines) is 1. The molecule has 42 heavy (non-hydrogen) atoms. The summed E-state index contributed by atoms with van der Waals surface area (Å²) in [5, 5.41) is 10.0. The van der Waals surface area contributed by atoms with E-state index in [1.165, 1.54) is 42.4 Å². The predicted molar refractivity (Wildman–Crippen MR) is 173 cm³/mol. The minimum absolute atomic E-state index is 0.234. The molecule has 6 nitrogen and oxygen atoms in total. The van der Waals surface area contributed by atoms with Gasteiger partial charge in [-0.15, -0.1) is 0 Å². The van der Waals surface area contributed by atoms with Crippen LogP contribution < -0.4 is 5.73 Å². The molecule has 0 saturated carbocycles. The smallest absolute Gasteiger partial charge is 0.116 e. The minimum Gasteiger partial charge on any atom is -0.398 e. The van der Waals surface area contributed by atoms with Gasteiger partial charge in [0.2, 0.25) is 0 Å². The van der Waals surface area contributed by atoms with E-state index in [1.54, 1.807) is 0 Å². The second kappa shape index (κ2) is 11.7. The molecular formula is C36H42N6. The van der Waals surface area contributed by atoms with E-state index in [4.69, 9.17) is 16.1 Å². The Hall–Kier alpha value is -3.95. The summed E-state index contributed by atoms with van der Waals surface area (Å²) in [7, 11) is 0. The molecule has 0 atom stereocenters. The highest BCUT2D eigenvalue weighted by Gasteiger charge is 2.27. The summed E-state index contributed by atoms with van der Waals surface area (Å²) in [4.78, 5) is 15.7. The maximum absolute atomic E-state index is 9.01. The molecule has 0 radical (unpaired) electrons. The highest BCUT2D eigenvalue weighted by Crippen LogP contribution is 2.38. The first-order valence-electron chi connectivity index (χ1n) is 15.5. The fraction of sp³-hybridized carbons (Fsp3) is 0.417. The number of nitrogens with zero attached hydrogens (tertiary/aromatic N) is 3. The van der Waals surface area contributed by atoms with Gasteiger partial charge in [-0.3, -0.25) is 10.3 Å². The zero-order valence-electron chi connectivity index (χ0n) is 25.2. The molecule has 2 aromatic carbocycles. The Labute approximate surface area is 249 Å². The maximum Gasteiger partial charge on any atom is 0.116 e. The number of hydrogen-bond donors (Lipinski definition) is 3. The predicted octanol–water partition coefficient (Wildman–Crippen LogP) is 6.97. The Morgan fingerprint density at radius 3 is 2.40 bits per heavy atom. The van der Waals surface area contributed by atoms with Crippen molar-refractivity contribution < 1.29 is 0 Å². The molecule has 2 aliphatic rings. The van der Waals surface area contributed by atoms with Gasteiger partial charge in [-0.1, -0.05) is 43.0 Å². The molecule has 0 bridgehead atoms. The lowest BCUT2D eigenvalue weighted by atomic mass is 9.83. The van der Waals surface area contributed by atoms with Crippen molar-refractivity contribution in [2.24, 2.45) is 0 Å². The number of aromatic nitrogens is 3. The van der Waals surface area contributed by atoms with E-state index in [9.17, 15) is 0 Å². The Morgan fingerprint density at radius 1 is 0.976 bits per heavy atom. The van der Waals surface area contributed by atoms with Crippen molar-refractivity contribution in [3.8, 4) is 23.1 Å². The lowest BCUT2D eigenvalue weighted by Crippen LogP contribution is -2.29. The first kappa shape index (κ1) is 28.2. The molecule has 0 spiro atoms. The largest absolute Gasteiger partial charge is 0.398 e. The molecule has 6 rings (SSSR count). The minimum atomic E-state index is -0.234. The van der Waals surface area contributed by atoms with Gasteiger partial charge in [0.25, 0.3) is 0 Å². The van der Waals surface area contributed by atoms with Crippen molar-refractivity contribution in [1.82, 2.24) is 19.9 Å². The fourth-order valence-corrected chi connectivity index (χ4v) is 6.65. The van der Waals surface area contributed by atoms with Crippen LogP contribution in [0.15, 0.2) is 42.6 Å². The standard InChI is InChI=1S/C36H42N6/c1-24-23-39-35(40-24)36(2,3)26-16-14-25(15-17-26)34-28-12-7-4-6-11-27(28)32-31(41-34)19-18-30(38)33(32)29(37)13-10-22-42-20-8-5-9-21-42/h14-19,23,37H,4-9,11-12,20-22,38H2,1-3H3,(H,39,40). The second-order valence-electron chi connectivity index (χ2n) is 12.5. The molecule has 1 aliphatic carbocycles. The quantitative estimate of drug-likeness (QED) is 0.107. The van der Waals surface area contributed by atoms with Crippen molar-refractivity contribution in [3.63, 3.8) is 0 Å². The molecule has 0 unspecified atom stereocenters. The van der Waals surface area contributed by atoms with Crippen molar-refractivity contribution in [1.29, 1.82) is 5.41 Å². The Balaban J connectivity index is 1.40. The number of anilines is 1. The Morgan fingerprint density at radius 2 is 1.69 bits per heavy atom. The van der Waals surface area contributed by atoms with E-state index in [0.717, 1.165) is 78.0 Å². The van der Waals surface area contributed by atoms with E-state index in [2.05, 4.69) is 64.8 Å². The van der Waals surface area contributed by atoms with Gasteiger partial charge in [0.05, 0.1) is 17.8 Å². The van der Waals surface area contributed by atoms with Gasteiger partial charge < -0.3 is 10.7 Å². The summed E-state index contributed by atoms with van der Waals surface area (Å²) in [6.45, 7) is 9.35. The van der Waals surface area contributed by atoms with E-state index < -0.39 is 0 Å². The third-order valence-corrected chi connectivity index (χ3v) is 9.14. The highest BCUT2D eigenvalue weighted by atomic mass is 15.1. The van der Waals surface area contributed by atoms with E-state index in [0.29, 0.717) is 17.9 Å². The van der Waals surface area contributed by atoms with Gasteiger partial charge in [0, 0.05) is 39.5 Å². The van der Waals surface area contributed by atoms with Crippen molar-refractivity contribution in [3.05, 3.63) is 76.4 Å². The van der Waals surface area contributed by atoms with Crippen LogP contribution >= 0.6 is 0 Å². The number of nitrogen functional groups attached to an aromatic ring is 1. The molecule has 4 aromatic rings. The number of aromatic amines is 1. The molecule has 1 fully saturated rings. The number of aryl methyl sites for hydroxylation is 2. The van der Waals surface area contributed by atoms with Crippen LogP contribution in [0.2, 0.25) is 0 Å². The molecule has 1 saturated heterocycles. The fourth-order valence-electron chi connectivity index (χ4n) is 6.65. The van der Waals surface area contributed by atoms with E-state index >= 15 is 0 Å². The second-order valence-corrected chi connectivity index (χ2v) is 12.5. The van der Waals surface area contributed by atoms with Gasteiger partial charge in [-0.25, -0.2) is 9.97 Å². The normalized spacial score (nSPS) is 16.0. The summed E-state index contributed by atoms with van der Waals surface area (Å²) in [5.41, 5.74) is 16.0. The summed E-state index contributed by atoms with van der Waals surface area (Å²) in [6, 6.07) is 12.8. The maximum atomic E-state index is 9.01. The van der Waals surface area contributed by atoms with Gasteiger partial charge in [0.15, 0.2) is 0 Å². The third kappa shape index (κ3) is 5.46. The first-order chi connectivity index (χ1) is 20.3. The zero-order chi connectivity index (χ0) is 29.3. The Bertz CT molecular complexity index is 1680. The van der Waals surface area contributed by atoms with Crippen molar-refractivity contribution >= 4 is 22.3 Å². The van der Waals surface area contributed by atoms with Crippen LogP contribution in [-0.4, -0.2) is 45.2 Å². The van der Waals surface area contributed by atoms with Crippen LogP contribution in [0.1, 0.15) is 86.1 Å². The van der Waals surface area contributed by atoms with Gasteiger partial charge in [-0.05, 0) is 107 Å². The molecule has 3 heterocycles. The van der Waals surface area contributed by atoms with Crippen molar-refractivity contribution in [2.75, 3.05) is 25.4 Å². The number of imidazole rings is 1. The first-order valence-corrected chi connectivity index (χ1v) is 15.5. The van der Waals surface area contributed by atoms with E-state index in [1.807, 2.05) is 25.3 Å². The third-order valence-electron chi connectivity index (χ3n) is 9.14. The summed E-state index contributed by atoms with van der Waals surface area (Å²) >= 11 is 0. The topological polar surface area (TPSA) is 94.7 Å². The van der Waals surface area contributed by atoms with Gasteiger partial charge >= 0.3 is 0 Å². The van der Waals surface area contributed by atoms with Gasteiger partial charge in [0.1, 0.15) is 11.5 Å². The monoisotopic (exact) mass is 558 g/mol. The average Bonchev–Trinajstić information content (AvgIpc) is 3.30. The Kier molecular flexibility index (Phi) is 7.88. The van der Waals surface area contributed by atoms with E-state index in [-0.39, 0.29) is 5.41 Å². The molecule has 2 aromatic heterocycles. The number of piperidine rings is 1. The molecule has 1 aliphatic heterocycles. The van der Waals surface area contributed by atoms with Crippen LogP contribution in [0.5, 0.6) is 0 Å². The number of nitrogens with two attached hydrogens (primary N) is 1. The SMILES string of the molecule is Cc1cnc(C(C)(C)c2ccc(-c3nc4ccc(N)c(C(=N)C#CCN5CCCCC5)c4c4c3CCCCC4)cc2)[nH]1.